The Bertz CT molecular complexity index is 395. The van der Waals surface area contributed by atoms with Crippen LogP contribution in [-0.2, 0) is 9.59 Å². The van der Waals surface area contributed by atoms with Crippen molar-refractivity contribution in [3.05, 3.63) is 0 Å². The Labute approximate surface area is 114 Å². The van der Waals surface area contributed by atoms with Crippen molar-refractivity contribution in [2.45, 2.75) is 64.0 Å². The average Bonchev–Trinajstić information content (AvgIpc) is 3.08. The molecule has 1 heterocycles. The fourth-order valence-electron chi connectivity index (χ4n) is 3.67. The Morgan fingerprint density at radius 3 is 2.42 bits per heavy atom. The van der Waals surface area contributed by atoms with Gasteiger partial charge in [0, 0.05) is 6.54 Å². The van der Waals surface area contributed by atoms with Gasteiger partial charge < -0.3 is 10.2 Å². The van der Waals surface area contributed by atoms with E-state index in [1.807, 2.05) is 4.90 Å². The van der Waals surface area contributed by atoms with Crippen LogP contribution in [0.3, 0.4) is 0 Å². The molecule has 0 radical (unpaired) electrons. The molecule has 3 fully saturated rings. The summed E-state index contributed by atoms with van der Waals surface area (Å²) < 4.78 is 0. The first-order valence-corrected chi connectivity index (χ1v) is 7.67. The van der Waals surface area contributed by atoms with Crippen molar-refractivity contribution in [3.8, 4) is 0 Å². The Hall–Kier alpha value is -1.06. The minimum Gasteiger partial charge on any atom is -0.342 e. The maximum Gasteiger partial charge on any atom is 0.246 e. The first-order chi connectivity index (χ1) is 9.04. The highest BCUT2D eigenvalue weighted by atomic mass is 16.2. The van der Waals surface area contributed by atoms with Gasteiger partial charge in [0.05, 0.1) is 0 Å². The van der Waals surface area contributed by atoms with Gasteiger partial charge in [-0.1, -0.05) is 26.7 Å². The third-order valence-electron chi connectivity index (χ3n) is 4.83. The van der Waals surface area contributed by atoms with E-state index in [2.05, 4.69) is 19.2 Å². The van der Waals surface area contributed by atoms with Crippen LogP contribution in [0.15, 0.2) is 0 Å². The number of nitrogens with one attached hydrogen (secondary N) is 1. The molecule has 4 heteroatoms. The predicted octanol–water partition coefficient (Wildman–Crippen LogP) is 1.69. The second-order valence-corrected chi connectivity index (χ2v) is 6.87. The van der Waals surface area contributed by atoms with Crippen molar-refractivity contribution in [2.75, 3.05) is 6.54 Å². The fraction of sp³-hybridized carbons (Fsp3) is 0.867. The number of hydrogen-bond donors (Lipinski definition) is 1. The van der Waals surface area contributed by atoms with Crippen molar-refractivity contribution < 1.29 is 9.59 Å². The summed E-state index contributed by atoms with van der Waals surface area (Å²) in [7, 11) is 0. The molecule has 1 unspecified atom stereocenters. The molecule has 2 aliphatic carbocycles. The Balaban J connectivity index is 1.90. The zero-order valence-corrected chi connectivity index (χ0v) is 11.9. The molecule has 1 spiro atoms. The maximum absolute atomic E-state index is 12.8. The topological polar surface area (TPSA) is 49.4 Å². The van der Waals surface area contributed by atoms with Gasteiger partial charge in [-0.15, -0.1) is 0 Å². The van der Waals surface area contributed by atoms with Crippen molar-refractivity contribution >= 4 is 11.8 Å². The van der Waals surface area contributed by atoms with Crippen molar-refractivity contribution in [1.29, 1.82) is 0 Å². The highest BCUT2D eigenvalue weighted by molar-refractivity contribution is 6.00. The van der Waals surface area contributed by atoms with Gasteiger partial charge in [0.2, 0.25) is 11.8 Å². The standard InChI is InChI=1S/C15H24N2O2/c1-10(2)9-17-13(18)12(11-5-6-11)16-14(19)15(17)7-3-4-8-15/h10-12H,3-9H2,1-2H3,(H,16,19). The van der Waals surface area contributed by atoms with Gasteiger partial charge in [0.1, 0.15) is 11.6 Å². The van der Waals surface area contributed by atoms with Gasteiger partial charge in [-0.05, 0) is 37.5 Å². The summed E-state index contributed by atoms with van der Waals surface area (Å²) >= 11 is 0. The highest BCUT2D eigenvalue weighted by Gasteiger charge is 2.56. The number of carbonyl (C=O) groups is 2. The first-order valence-electron chi connectivity index (χ1n) is 7.67. The SMILES string of the molecule is CC(C)CN1C(=O)C(C2CC2)NC(=O)C12CCCC2. The lowest BCUT2D eigenvalue weighted by Gasteiger charge is -2.47. The zero-order valence-electron chi connectivity index (χ0n) is 11.9. The second-order valence-electron chi connectivity index (χ2n) is 6.87. The minimum atomic E-state index is -0.521. The lowest BCUT2D eigenvalue weighted by atomic mass is 9.87. The summed E-state index contributed by atoms with van der Waals surface area (Å²) in [6.45, 7) is 4.96. The molecule has 19 heavy (non-hydrogen) atoms. The summed E-state index contributed by atoms with van der Waals surface area (Å²) in [6, 6.07) is -0.238. The zero-order chi connectivity index (χ0) is 13.6. The molecule has 0 aromatic carbocycles. The van der Waals surface area contributed by atoms with Crippen LogP contribution in [0.1, 0.15) is 52.4 Å². The maximum atomic E-state index is 12.8. The summed E-state index contributed by atoms with van der Waals surface area (Å²) in [6.07, 6.45) is 5.97. The third kappa shape index (κ3) is 2.05. The lowest BCUT2D eigenvalue weighted by molar-refractivity contribution is -0.158. The van der Waals surface area contributed by atoms with E-state index in [0.29, 0.717) is 11.8 Å². The number of nitrogens with zero attached hydrogens (tertiary/aromatic N) is 1. The van der Waals surface area contributed by atoms with E-state index in [4.69, 9.17) is 0 Å². The Kier molecular flexibility index (Phi) is 3.06. The normalized spacial score (nSPS) is 30.3. The Morgan fingerprint density at radius 2 is 1.89 bits per heavy atom. The van der Waals surface area contributed by atoms with Crippen LogP contribution >= 0.6 is 0 Å². The van der Waals surface area contributed by atoms with Gasteiger partial charge >= 0.3 is 0 Å². The van der Waals surface area contributed by atoms with Gasteiger partial charge in [-0.3, -0.25) is 9.59 Å². The largest absolute Gasteiger partial charge is 0.342 e. The molecular weight excluding hydrogens is 240 g/mol. The molecule has 0 bridgehead atoms. The molecule has 2 amide bonds. The van der Waals surface area contributed by atoms with Crippen LogP contribution in [0.4, 0.5) is 0 Å². The minimum absolute atomic E-state index is 0.113. The molecule has 3 aliphatic rings. The van der Waals surface area contributed by atoms with E-state index in [-0.39, 0.29) is 17.9 Å². The fourth-order valence-corrected chi connectivity index (χ4v) is 3.67. The van der Waals surface area contributed by atoms with Gasteiger partial charge in [-0.2, -0.15) is 0 Å². The lowest BCUT2D eigenvalue weighted by Crippen LogP contribution is -2.70. The summed E-state index contributed by atoms with van der Waals surface area (Å²) in [5.74, 6) is 1.09. The van der Waals surface area contributed by atoms with Gasteiger partial charge in [0.15, 0.2) is 0 Å². The highest BCUT2D eigenvalue weighted by Crippen LogP contribution is 2.42. The third-order valence-corrected chi connectivity index (χ3v) is 4.83. The van der Waals surface area contributed by atoms with Crippen LogP contribution in [0.25, 0.3) is 0 Å². The molecule has 4 nitrogen and oxygen atoms in total. The van der Waals surface area contributed by atoms with Crippen molar-refractivity contribution in [1.82, 2.24) is 10.2 Å². The molecule has 1 saturated heterocycles. The molecule has 2 saturated carbocycles. The molecule has 0 aromatic heterocycles. The van der Waals surface area contributed by atoms with Gasteiger partial charge in [-0.25, -0.2) is 0 Å². The second kappa shape index (κ2) is 4.50. The number of piperazine rings is 1. The number of hydrogen-bond acceptors (Lipinski definition) is 2. The number of amides is 2. The predicted molar refractivity (Wildman–Crippen MR) is 72.4 cm³/mol. The van der Waals surface area contributed by atoms with E-state index in [1.54, 1.807) is 0 Å². The smallest absolute Gasteiger partial charge is 0.246 e. The molecular formula is C15H24N2O2. The van der Waals surface area contributed by atoms with Crippen LogP contribution in [-0.4, -0.2) is 34.8 Å². The molecule has 106 valence electrons. The molecule has 1 N–H and O–H groups in total. The number of rotatable bonds is 3. The summed E-state index contributed by atoms with van der Waals surface area (Å²) in [5, 5.41) is 3.03. The molecule has 1 aliphatic heterocycles. The van der Waals surface area contributed by atoms with Crippen molar-refractivity contribution in [3.63, 3.8) is 0 Å². The van der Waals surface area contributed by atoms with E-state index < -0.39 is 5.54 Å². The van der Waals surface area contributed by atoms with Gasteiger partial charge in [0.25, 0.3) is 0 Å². The van der Waals surface area contributed by atoms with Crippen LogP contribution in [0.5, 0.6) is 0 Å². The van der Waals surface area contributed by atoms with Crippen molar-refractivity contribution in [2.24, 2.45) is 11.8 Å². The quantitative estimate of drug-likeness (QED) is 0.843. The van der Waals surface area contributed by atoms with E-state index in [1.165, 1.54) is 0 Å². The van der Waals surface area contributed by atoms with Crippen LogP contribution < -0.4 is 5.32 Å². The van der Waals surface area contributed by atoms with E-state index in [9.17, 15) is 9.59 Å². The van der Waals surface area contributed by atoms with Crippen LogP contribution in [0, 0.1) is 11.8 Å². The van der Waals surface area contributed by atoms with Crippen LogP contribution in [0.2, 0.25) is 0 Å². The van der Waals surface area contributed by atoms with E-state index in [0.717, 1.165) is 45.1 Å². The monoisotopic (exact) mass is 264 g/mol. The van der Waals surface area contributed by atoms with E-state index >= 15 is 0 Å². The number of carbonyl (C=O) groups excluding carboxylic acids is 2. The summed E-state index contributed by atoms with van der Waals surface area (Å²) in [5.41, 5.74) is -0.521. The summed E-state index contributed by atoms with van der Waals surface area (Å²) in [4.78, 5) is 27.3. The Morgan fingerprint density at radius 1 is 1.26 bits per heavy atom. The average molecular weight is 264 g/mol. The molecule has 3 rings (SSSR count). The first kappa shape index (κ1) is 12.9. The molecule has 0 aromatic rings. The molecule has 1 atom stereocenters.